The van der Waals surface area contributed by atoms with Gasteiger partial charge < -0.3 is 5.32 Å². The van der Waals surface area contributed by atoms with Crippen LogP contribution in [0.15, 0.2) is 89.7 Å². The van der Waals surface area contributed by atoms with Gasteiger partial charge in [0.25, 0.3) is 5.91 Å². The number of nitrogens with zero attached hydrogens (tertiary/aromatic N) is 5. The number of nitrogens with one attached hydrogen (secondary N) is 1. The Hall–Kier alpha value is -4.03. The first-order valence-corrected chi connectivity index (χ1v) is 13.6. The Bertz CT molecular complexity index is 1550. The Morgan fingerprint density at radius 2 is 1.77 bits per heavy atom. The highest BCUT2D eigenvalue weighted by Crippen LogP contribution is 2.33. The third kappa shape index (κ3) is 6.70. The molecule has 0 aliphatic carbocycles. The molecule has 0 aliphatic rings. The standard InChI is InChI=1S/C27H21F3N6OS2/c28-27(29,30)20-7-4-8-21(14-20)36-23(13-18-5-2-1-3-6-18)34-35-26(36)39-17-24-33-22(16-38-24)25(37)32-15-19-9-11-31-12-10-19/h1-12,14,16H,13,15,17H2,(H,32,37). The molecule has 39 heavy (non-hydrogen) atoms. The van der Waals surface area contributed by atoms with Gasteiger partial charge in [-0.15, -0.1) is 21.5 Å². The zero-order chi connectivity index (χ0) is 27.2. The average Bonchev–Trinajstić information content (AvgIpc) is 3.58. The van der Waals surface area contributed by atoms with Gasteiger partial charge in [0, 0.05) is 30.7 Å². The van der Waals surface area contributed by atoms with Gasteiger partial charge in [0.2, 0.25) is 0 Å². The maximum atomic E-state index is 13.5. The van der Waals surface area contributed by atoms with Crippen LogP contribution in [0.5, 0.6) is 0 Å². The van der Waals surface area contributed by atoms with Crippen molar-refractivity contribution >= 4 is 29.0 Å². The van der Waals surface area contributed by atoms with E-state index in [0.717, 1.165) is 23.3 Å². The summed E-state index contributed by atoms with van der Waals surface area (Å²) in [4.78, 5) is 20.9. The second-order valence-electron chi connectivity index (χ2n) is 8.40. The summed E-state index contributed by atoms with van der Waals surface area (Å²) in [7, 11) is 0. The number of amides is 1. The Morgan fingerprint density at radius 3 is 2.54 bits per heavy atom. The number of carbonyl (C=O) groups is 1. The fraction of sp³-hybridized carbons (Fsp3) is 0.148. The average molecular weight is 567 g/mol. The summed E-state index contributed by atoms with van der Waals surface area (Å²) < 4.78 is 42.0. The summed E-state index contributed by atoms with van der Waals surface area (Å²) in [6, 6.07) is 18.3. The molecule has 3 aromatic heterocycles. The van der Waals surface area contributed by atoms with Crippen molar-refractivity contribution in [2.45, 2.75) is 30.1 Å². The molecule has 0 radical (unpaired) electrons. The Labute approximate surface area is 230 Å². The van der Waals surface area contributed by atoms with E-state index in [1.54, 1.807) is 28.4 Å². The largest absolute Gasteiger partial charge is 0.416 e. The number of halogens is 3. The topological polar surface area (TPSA) is 85.6 Å². The molecule has 0 unspecified atom stereocenters. The quantitative estimate of drug-likeness (QED) is 0.222. The van der Waals surface area contributed by atoms with Gasteiger partial charge >= 0.3 is 6.18 Å². The number of pyridine rings is 1. The number of hydrogen-bond acceptors (Lipinski definition) is 7. The van der Waals surface area contributed by atoms with Crippen LogP contribution >= 0.6 is 23.1 Å². The van der Waals surface area contributed by atoms with Crippen molar-refractivity contribution in [2.24, 2.45) is 0 Å². The molecule has 3 heterocycles. The molecule has 1 amide bonds. The number of hydrogen-bond donors (Lipinski definition) is 1. The van der Waals surface area contributed by atoms with E-state index in [0.29, 0.717) is 46.1 Å². The Morgan fingerprint density at radius 1 is 0.974 bits per heavy atom. The molecule has 0 spiro atoms. The zero-order valence-corrected chi connectivity index (χ0v) is 21.9. The third-order valence-corrected chi connectivity index (χ3v) is 7.62. The molecular weight excluding hydrogens is 545 g/mol. The van der Waals surface area contributed by atoms with Crippen LogP contribution in [0.3, 0.4) is 0 Å². The van der Waals surface area contributed by atoms with Crippen LogP contribution in [0, 0.1) is 0 Å². The summed E-state index contributed by atoms with van der Waals surface area (Å²) >= 11 is 2.62. The van der Waals surface area contributed by atoms with E-state index in [2.05, 4.69) is 25.5 Å². The molecular formula is C27H21F3N6OS2. The molecule has 0 bridgehead atoms. The molecule has 0 saturated carbocycles. The predicted octanol–water partition coefficient (Wildman–Crippen LogP) is 5.95. The monoisotopic (exact) mass is 566 g/mol. The van der Waals surface area contributed by atoms with E-state index in [-0.39, 0.29) is 5.91 Å². The molecule has 5 aromatic rings. The molecule has 5 rings (SSSR count). The lowest BCUT2D eigenvalue weighted by Crippen LogP contribution is -2.23. The molecule has 0 atom stereocenters. The Kier molecular flexibility index (Phi) is 8.03. The first-order chi connectivity index (χ1) is 18.9. The number of thiazole rings is 1. The normalized spacial score (nSPS) is 11.5. The van der Waals surface area contributed by atoms with Gasteiger partial charge in [-0.25, -0.2) is 4.98 Å². The molecule has 2 aromatic carbocycles. The van der Waals surface area contributed by atoms with Crippen LogP contribution in [0.25, 0.3) is 5.69 Å². The number of rotatable bonds is 9. The third-order valence-electron chi connectivity index (χ3n) is 5.65. The number of benzene rings is 2. The first-order valence-electron chi connectivity index (χ1n) is 11.8. The lowest BCUT2D eigenvalue weighted by Gasteiger charge is -2.13. The van der Waals surface area contributed by atoms with E-state index in [4.69, 9.17) is 0 Å². The van der Waals surface area contributed by atoms with E-state index in [1.807, 2.05) is 42.5 Å². The maximum absolute atomic E-state index is 13.5. The van der Waals surface area contributed by atoms with Crippen LogP contribution in [0.2, 0.25) is 0 Å². The highest BCUT2D eigenvalue weighted by Gasteiger charge is 2.31. The lowest BCUT2D eigenvalue weighted by atomic mass is 10.1. The summed E-state index contributed by atoms with van der Waals surface area (Å²) in [5.41, 5.74) is 1.74. The number of aromatic nitrogens is 5. The molecule has 0 aliphatic heterocycles. The molecule has 0 saturated heterocycles. The fourth-order valence-electron chi connectivity index (χ4n) is 3.75. The van der Waals surface area contributed by atoms with Crippen molar-refractivity contribution in [1.29, 1.82) is 0 Å². The minimum atomic E-state index is -4.48. The maximum Gasteiger partial charge on any atom is 0.416 e. The van der Waals surface area contributed by atoms with Crippen molar-refractivity contribution in [3.63, 3.8) is 0 Å². The SMILES string of the molecule is O=C(NCc1ccncc1)c1csc(CSc2nnc(Cc3ccccc3)n2-c2cccc(C(F)(F)F)c2)n1. The van der Waals surface area contributed by atoms with Gasteiger partial charge in [0.05, 0.1) is 17.0 Å². The smallest absolute Gasteiger partial charge is 0.347 e. The second kappa shape index (κ2) is 11.8. The van der Waals surface area contributed by atoms with Crippen molar-refractivity contribution in [3.05, 3.63) is 118 Å². The number of alkyl halides is 3. The van der Waals surface area contributed by atoms with E-state index >= 15 is 0 Å². The molecule has 12 heteroatoms. The van der Waals surface area contributed by atoms with Crippen LogP contribution in [-0.4, -0.2) is 30.6 Å². The summed E-state index contributed by atoms with van der Waals surface area (Å²) in [5.74, 6) is 0.583. The summed E-state index contributed by atoms with van der Waals surface area (Å²) in [6.07, 6.45) is -0.776. The van der Waals surface area contributed by atoms with Gasteiger partial charge in [-0.05, 0) is 41.5 Å². The highest BCUT2D eigenvalue weighted by atomic mass is 32.2. The molecule has 7 nitrogen and oxygen atoms in total. The second-order valence-corrected chi connectivity index (χ2v) is 10.3. The molecule has 198 valence electrons. The minimum Gasteiger partial charge on any atom is -0.347 e. The predicted molar refractivity (Wildman–Crippen MR) is 143 cm³/mol. The summed E-state index contributed by atoms with van der Waals surface area (Å²) in [6.45, 7) is 0.354. The highest BCUT2D eigenvalue weighted by molar-refractivity contribution is 7.98. The van der Waals surface area contributed by atoms with Gasteiger partial charge in [-0.2, -0.15) is 13.2 Å². The minimum absolute atomic E-state index is 0.295. The van der Waals surface area contributed by atoms with Gasteiger partial charge in [-0.3, -0.25) is 14.3 Å². The van der Waals surface area contributed by atoms with Gasteiger partial charge in [0.1, 0.15) is 16.5 Å². The van der Waals surface area contributed by atoms with E-state index < -0.39 is 11.7 Å². The fourth-order valence-corrected chi connectivity index (χ4v) is 5.51. The van der Waals surface area contributed by atoms with Crippen LogP contribution in [0.4, 0.5) is 13.2 Å². The summed E-state index contributed by atoms with van der Waals surface area (Å²) in [5, 5.41) is 14.2. The van der Waals surface area contributed by atoms with E-state index in [1.165, 1.54) is 29.2 Å². The van der Waals surface area contributed by atoms with Gasteiger partial charge in [-0.1, -0.05) is 48.2 Å². The Balaban J connectivity index is 1.34. The first kappa shape index (κ1) is 26.6. The molecule has 0 fully saturated rings. The zero-order valence-electron chi connectivity index (χ0n) is 20.3. The van der Waals surface area contributed by atoms with Crippen LogP contribution in [-0.2, 0) is 24.9 Å². The van der Waals surface area contributed by atoms with E-state index in [9.17, 15) is 18.0 Å². The van der Waals surface area contributed by atoms with Gasteiger partial charge in [0.15, 0.2) is 5.16 Å². The van der Waals surface area contributed by atoms with Crippen LogP contribution < -0.4 is 5.32 Å². The number of thioether (sulfide) groups is 1. The lowest BCUT2D eigenvalue weighted by molar-refractivity contribution is -0.137. The van der Waals surface area contributed by atoms with Crippen molar-refractivity contribution in [2.75, 3.05) is 0 Å². The van der Waals surface area contributed by atoms with Crippen molar-refractivity contribution < 1.29 is 18.0 Å². The van der Waals surface area contributed by atoms with Crippen molar-refractivity contribution in [3.8, 4) is 5.69 Å². The van der Waals surface area contributed by atoms with Crippen LogP contribution in [0.1, 0.15) is 38.0 Å². The van der Waals surface area contributed by atoms with Crippen molar-refractivity contribution in [1.82, 2.24) is 30.0 Å². The molecule has 1 N–H and O–H groups in total. The number of carbonyl (C=O) groups excluding carboxylic acids is 1.